The predicted molar refractivity (Wildman–Crippen MR) is 73.1 cm³/mol. The van der Waals surface area contributed by atoms with E-state index >= 15 is 0 Å². The van der Waals surface area contributed by atoms with Crippen LogP contribution in [0.2, 0.25) is 0 Å². The SMILES string of the molecule is CC[C@H](CCC(=O)O)C(=O)NCC(=O)C[C@H](C)C(C)=O. The molecule has 2 atom stereocenters. The smallest absolute Gasteiger partial charge is 0.303 e. The van der Waals surface area contributed by atoms with Gasteiger partial charge in [0.15, 0.2) is 5.78 Å². The Morgan fingerprint density at radius 2 is 1.80 bits per heavy atom. The summed E-state index contributed by atoms with van der Waals surface area (Å²) in [7, 11) is 0. The minimum atomic E-state index is -0.942. The summed E-state index contributed by atoms with van der Waals surface area (Å²) in [5.41, 5.74) is 0. The van der Waals surface area contributed by atoms with Gasteiger partial charge in [-0.25, -0.2) is 0 Å². The van der Waals surface area contributed by atoms with Crippen LogP contribution in [0.15, 0.2) is 0 Å². The fourth-order valence-electron chi connectivity index (χ4n) is 1.71. The second kappa shape index (κ2) is 9.23. The van der Waals surface area contributed by atoms with Crippen molar-refractivity contribution in [2.45, 2.75) is 46.5 Å². The third-order valence-corrected chi connectivity index (χ3v) is 3.26. The van der Waals surface area contributed by atoms with Gasteiger partial charge in [0, 0.05) is 24.7 Å². The van der Waals surface area contributed by atoms with E-state index in [9.17, 15) is 19.2 Å². The summed E-state index contributed by atoms with van der Waals surface area (Å²) < 4.78 is 0. The normalized spacial score (nSPS) is 13.3. The molecule has 114 valence electrons. The van der Waals surface area contributed by atoms with Crippen LogP contribution in [0, 0.1) is 11.8 Å². The number of carboxylic acids is 1. The molecule has 0 fully saturated rings. The van der Waals surface area contributed by atoms with Crippen molar-refractivity contribution in [1.82, 2.24) is 5.32 Å². The first-order valence-corrected chi connectivity index (χ1v) is 6.79. The number of carboxylic acid groups (broad SMARTS) is 1. The molecule has 0 unspecified atom stereocenters. The lowest BCUT2D eigenvalue weighted by atomic mass is 9.98. The lowest BCUT2D eigenvalue weighted by molar-refractivity contribution is -0.137. The highest BCUT2D eigenvalue weighted by Crippen LogP contribution is 2.11. The van der Waals surface area contributed by atoms with Gasteiger partial charge in [0.25, 0.3) is 0 Å². The Balaban J connectivity index is 4.15. The van der Waals surface area contributed by atoms with E-state index in [1.54, 1.807) is 13.8 Å². The van der Waals surface area contributed by atoms with E-state index in [2.05, 4.69) is 5.32 Å². The number of ketones is 2. The Hall–Kier alpha value is -1.72. The van der Waals surface area contributed by atoms with Gasteiger partial charge in [-0.15, -0.1) is 0 Å². The van der Waals surface area contributed by atoms with Crippen LogP contribution in [0.1, 0.15) is 46.5 Å². The maximum Gasteiger partial charge on any atom is 0.303 e. The average Bonchev–Trinajstić information content (AvgIpc) is 2.36. The van der Waals surface area contributed by atoms with Crippen molar-refractivity contribution in [3.63, 3.8) is 0 Å². The van der Waals surface area contributed by atoms with Crippen LogP contribution in [-0.2, 0) is 19.2 Å². The molecule has 0 aromatic heterocycles. The Bertz CT molecular complexity index is 378. The number of aliphatic carboxylic acids is 1. The molecule has 0 bridgehead atoms. The van der Waals surface area contributed by atoms with Crippen molar-refractivity contribution in [3.05, 3.63) is 0 Å². The van der Waals surface area contributed by atoms with Crippen LogP contribution in [0.4, 0.5) is 0 Å². The van der Waals surface area contributed by atoms with E-state index in [-0.39, 0.29) is 49.2 Å². The summed E-state index contributed by atoms with van der Waals surface area (Å²) >= 11 is 0. The van der Waals surface area contributed by atoms with Gasteiger partial charge in [-0.2, -0.15) is 0 Å². The van der Waals surface area contributed by atoms with Gasteiger partial charge in [-0.3, -0.25) is 19.2 Å². The first kappa shape index (κ1) is 18.3. The maximum absolute atomic E-state index is 11.8. The summed E-state index contributed by atoms with van der Waals surface area (Å²) in [5.74, 6) is -2.25. The predicted octanol–water partition coefficient (Wildman–Crippen LogP) is 1.18. The number of Topliss-reactive ketones (excluding diaryl/α,β-unsaturated/α-hetero) is 2. The second-order valence-electron chi connectivity index (χ2n) is 5.01. The van der Waals surface area contributed by atoms with E-state index in [1.165, 1.54) is 6.92 Å². The molecule has 0 radical (unpaired) electrons. The number of rotatable bonds is 10. The number of nitrogens with one attached hydrogen (secondary N) is 1. The van der Waals surface area contributed by atoms with Gasteiger partial charge in [0.2, 0.25) is 5.91 Å². The summed E-state index contributed by atoms with van der Waals surface area (Å²) in [5, 5.41) is 11.1. The standard InChI is InChI=1S/C14H23NO5/c1-4-11(5-6-13(18)19)14(20)15-8-12(17)7-9(2)10(3)16/h9,11H,4-8H2,1-3H3,(H,15,20)(H,18,19)/t9-,11+/m0/s1. The highest BCUT2D eigenvalue weighted by atomic mass is 16.4. The third-order valence-electron chi connectivity index (χ3n) is 3.26. The molecule has 0 aliphatic rings. The van der Waals surface area contributed by atoms with E-state index in [1.807, 2.05) is 0 Å². The Morgan fingerprint density at radius 3 is 2.25 bits per heavy atom. The van der Waals surface area contributed by atoms with Gasteiger partial charge in [0.05, 0.1) is 6.54 Å². The quantitative estimate of drug-likeness (QED) is 0.627. The third kappa shape index (κ3) is 7.66. The Morgan fingerprint density at radius 1 is 1.20 bits per heavy atom. The molecule has 0 heterocycles. The van der Waals surface area contributed by atoms with Crippen molar-refractivity contribution < 1.29 is 24.3 Å². The van der Waals surface area contributed by atoms with E-state index in [4.69, 9.17) is 5.11 Å². The fourth-order valence-corrected chi connectivity index (χ4v) is 1.71. The molecule has 6 heteroatoms. The molecular weight excluding hydrogens is 262 g/mol. The fraction of sp³-hybridized carbons (Fsp3) is 0.714. The summed E-state index contributed by atoms with van der Waals surface area (Å²) in [6.45, 7) is 4.78. The minimum absolute atomic E-state index is 0.0578. The number of carbonyl (C=O) groups excluding carboxylic acids is 3. The molecule has 0 rings (SSSR count). The van der Waals surface area contributed by atoms with Crippen molar-refractivity contribution in [1.29, 1.82) is 0 Å². The molecule has 0 aliphatic carbocycles. The molecule has 0 aromatic carbocycles. The summed E-state index contributed by atoms with van der Waals surface area (Å²) in [6, 6.07) is 0. The van der Waals surface area contributed by atoms with Gasteiger partial charge in [0.1, 0.15) is 5.78 Å². The highest BCUT2D eigenvalue weighted by Gasteiger charge is 2.19. The van der Waals surface area contributed by atoms with Crippen LogP contribution in [-0.4, -0.2) is 35.1 Å². The number of hydrogen-bond acceptors (Lipinski definition) is 4. The molecular formula is C14H23NO5. The molecule has 0 spiro atoms. The molecule has 0 aliphatic heterocycles. The Kier molecular flexibility index (Phi) is 8.43. The molecule has 20 heavy (non-hydrogen) atoms. The topological polar surface area (TPSA) is 101 Å². The number of hydrogen-bond donors (Lipinski definition) is 2. The molecule has 2 N–H and O–H groups in total. The van der Waals surface area contributed by atoms with Crippen LogP contribution >= 0.6 is 0 Å². The monoisotopic (exact) mass is 285 g/mol. The van der Waals surface area contributed by atoms with E-state index in [0.29, 0.717) is 6.42 Å². The van der Waals surface area contributed by atoms with Gasteiger partial charge >= 0.3 is 5.97 Å². The van der Waals surface area contributed by atoms with Crippen molar-refractivity contribution in [3.8, 4) is 0 Å². The zero-order valence-electron chi connectivity index (χ0n) is 12.3. The Labute approximate surface area is 118 Å². The largest absolute Gasteiger partial charge is 0.481 e. The summed E-state index contributed by atoms with van der Waals surface area (Å²) in [4.78, 5) is 44.9. The van der Waals surface area contributed by atoms with Crippen molar-refractivity contribution in [2.75, 3.05) is 6.54 Å². The lowest BCUT2D eigenvalue weighted by Gasteiger charge is -2.14. The second-order valence-corrected chi connectivity index (χ2v) is 5.01. The first-order valence-electron chi connectivity index (χ1n) is 6.79. The van der Waals surface area contributed by atoms with E-state index < -0.39 is 11.9 Å². The van der Waals surface area contributed by atoms with Crippen LogP contribution in [0.3, 0.4) is 0 Å². The van der Waals surface area contributed by atoms with Gasteiger partial charge in [-0.1, -0.05) is 13.8 Å². The molecule has 0 aromatic rings. The zero-order chi connectivity index (χ0) is 15.7. The zero-order valence-corrected chi connectivity index (χ0v) is 12.3. The molecule has 0 saturated carbocycles. The molecule has 1 amide bonds. The van der Waals surface area contributed by atoms with Crippen molar-refractivity contribution in [2.24, 2.45) is 11.8 Å². The van der Waals surface area contributed by atoms with Crippen LogP contribution in [0.5, 0.6) is 0 Å². The van der Waals surface area contributed by atoms with Gasteiger partial charge < -0.3 is 10.4 Å². The van der Waals surface area contributed by atoms with Crippen molar-refractivity contribution >= 4 is 23.4 Å². The highest BCUT2D eigenvalue weighted by molar-refractivity contribution is 5.90. The molecule has 6 nitrogen and oxygen atoms in total. The number of carbonyl (C=O) groups is 4. The molecule has 0 saturated heterocycles. The first-order chi connectivity index (χ1) is 9.27. The van der Waals surface area contributed by atoms with Crippen LogP contribution < -0.4 is 5.32 Å². The van der Waals surface area contributed by atoms with Gasteiger partial charge in [-0.05, 0) is 19.8 Å². The summed E-state index contributed by atoms with van der Waals surface area (Å²) in [6.07, 6.45) is 0.829. The van der Waals surface area contributed by atoms with E-state index in [0.717, 1.165) is 0 Å². The van der Waals surface area contributed by atoms with Crippen LogP contribution in [0.25, 0.3) is 0 Å². The lowest BCUT2D eigenvalue weighted by Crippen LogP contribution is -2.35. The maximum atomic E-state index is 11.8. The minimum Gasteiger partial charge on any atom is -0.481 e. The number of amides is 1. The average molecular weight is 285 g/mol.